The first-order valence-corrected chi connectivity index (χ1v) is 6.62. The Bertz CT molecular complexity index is 505. The van der Waals surface area contributed by atoms with Gasteiger partial charge in [-0.2, -0.15) is 8.42 Å². The number of hydrogen-bond donors (Lipinski definition) is 2. The molecule has 2 aromatic carbocycles. The summed E-state index contributed by atoms with van der Waals surface area (Å²) in [6.45, 7) is 0. The molecule has 4 nitrogen and oxygen atoms in total. The molecule has 0 heterocycles. The lowest BCUT2D eigenvalue weighted by atomic mass is 10.1. The van der Waals surface area contributed by atoms with E-state index >= 15 is 0 Å². The van der Waals surface area contributed by atoms with Crippen LogP contribution in [0, 0.1) is 0 Å². The number of hydrogen-bond acceptors (Lipinski definition) is 2. The highest BCUT2D eigenvalue weighted by Gasteiger charge is 1.92. The van der Waals surface area contributed by atoms with Gasteiger partial charge in [0.25, 0.3) is 0 Å². The molecule has 0 aromatic heterocycles. The van der Waals surface area contributed by atoms with E-state index < -0.39 is 10.4 Å². The first-order chi connectivity index (χ1) is 8.45. The Morgan fingerprint density at radius 2 is 1.00 bits per heavy atom. The maximum atomic E-state index is 8.74. The van der Waals surface area contributed by atoms with Crippen molar-refractivity contribution in [3.8, 4) is 0 Å². The minimum Gasteiger partial charge on any atom is -0.264 e. The highest BCUT2D eigenvalue weighted by atomic mass is 32.3. The second-order valence-electron chi connectivity index (χ2n) is 3.60. The zero-order chi connectivity index (χ0) is 13.4. The van der Waals surface area contributed by atoms with E-state index in [0.717, 1.165) is 6.42 Å². The summed E-state index contributed by atoms with van der Waals surface area (Å²) in [4.78, 5) is 0. The van der Waals surface area contributed by atoms with Gasteiger partial charge in [-0.1, -0.05) is 60.7 Å². The van der Waals surface area contributed by atoms with Crippen LogP contribution in [-0.4, -0.2) is 17.5 Å². The molecular formula is C13H14O4S. The molecule has 0 amide bonds. The average molecular weight is 266 g/mol. The number of benzene rings is 2. The lowest BCUT2D eigenvalue weighted by Crippen LogP contribution is -1.89. The molecule has 96 valence electrons. The molecule has 0 fully saturated rings. The molecule has 2 N–H and O–H groups in total. The van der Waals surface area contributed by atoms with E-state index in [0.29, 0.717) is 0 Å². The molecule has 0 spiro atoms. The van der Waals surface area contributed by atoms with Crippen LogP contribution in [0.5, 0.6) is 0 Å². The molecule has 0 radical (unpaired) electrons. The Hall–Kier alpha value is -1.69. The minimum atomic E-state index is -4.67. The molecule has 5 heteroatoms. The summed E-state index contributed by atoms with van der Waals surface area (Å²) in [6.07, 6.45) is 1.03. The van der Waals surface area contributed by atoms with Crippen molar-refractivity contribution in [3.05, 3.63) is 71.8 Å². The summed E-state index contributed by atoms with van der Waals surface area (Å²) in [6, 6.07) is 21.1. The van der Waals surface area contributed by atoms with E-state index in [1.807, 2.05) is 0 Å². The van der Waals surface area contributed by atoms with Gasteiger partial charge in [0.15, 0.2) is 0 Å². The summed E-state index contributed by atoms with van der Waals surface area (Å²) in [5.74, 6) is 0. The van der Waals surface area contributed by atoms with Crippen LogP contribution in [0.4, 0.5) is 0 Å². The van der Waals surface area contributed by atoms with Crippen LogP contribution in [0.2, 0.25) is 0 Å². The van der Waals surface area contributed by atoms with Gasteiger partial charge in [-0.25, -0.2) is 0 Å². The van der Waals surface area contributed by atoms with Crippen molar-refractivity contribution in [3.63, 3.8) is 0 Å². The summed E-state index contributed by atoms with van der Waals surface area (Å²) >= 11 is 0. The summed E-state index contributed by atoms with van der Waals surface area (Å²) in [5.41, 5.74) is 2.74. The van der Waals surface area contributed by atoms with Crippen molar-refractivity contribution in [2.75, 3.05) is 0 Å². The normalized spacial score (nSPS) is 10.3. The van der Waals surface area contributed by atoms with E-state index in [1.54, 1.807) is 0 Å². The zero-order valence-electron chi connectivity index (χ0n) is 9.60. The summed E-state index contributed by atoms with van der Waals surface area (Å²) in [7, 11) is -4.67. The van der Waals surface area contributed by atoms with Crippen molar-refractivity contribution >= 4 is 10.4 Å². The van der Waals surface area contributed by atoms with E-state index in [1.165, 1.54) is 11.1 Å². The molecule has 18 heavy (non-hydrogen) atoms. The third kappa shape index (κ3) is 7.56. The highest BCUT2D eigenvalue weighted by Crippen LogP contribution is 2.07. The Morgan fingerprint density at radius 3 is 1.28 bits per heavy atom. The number of rotatable bonds is 2. The fraction of sp³-hybridized carbons (Fsp3) is 0.0769. The van der Waals surface area contributed by atoms with E-state index in [4.69, 9.17) is 17.5 Å². The first-order valence-electron chi connectivity index (χ1n) is 5.23. The molecule has 0 saturated carbocycles. The third-order valence-electron chi connectivity index (χ3n) is 2.09. The Labute approximate surface area is 106 Å². The zero-order valence-corrected chi connectivity index (χ0v) is 10.4. The average Bonchev–Trinajstić information content (AvgIpc) is 2.29. The van der Waals surface area contributed by atoms with Gasteiger partial charge in [-0.15, -0.1) is 0 Å². The Kier molecular flexibility index (Phi) is 5.51. The molecule has 0 aliphatic carbocycles. The molecule has 2 aromatic rings. The molecular weight excluding hydrogens is 252 g/mol. The van der Waals surface area contributed by atoms with Crippen LogP contribution in [0.3, 0.4) is 0 Å². The largest absolute Gasteiger partial charge is 0.394 e. The molecule has 2 rings (SSSR count). The van der Waals surface area contributed by atoms with Gasteiger partial charge in [-0.3, -0.25) is 9.11 Å². The van der Waals surface area contributed by atoms with Crippen molar-refractivity contribution in [2.45, 2.75) is 6.42 Å². The van der Waals surface area contributed by atoms with Gasteiger partial charge in [-0.05, 0) is 17.5 Å². The second-order valence-corrected chi connectivity index (χ2v) is 4.49. The summed E-state index contributed by atoms with van der Waals surface area (Å²) in [5, 5.41) is 0. The minimum absolute atomic E-state index is 1.03. The van der Waals surface area contributed by atoms with Gasteiger partial charge in [0.05, 0.1) is 0 Å². The molecule has 0 aliphatic rings. The molecule has 0 saturated heterocycles. The maximum Gasteiger partial charge on any atom is 0.394 e. The van der Waals surface area contributed by atoms with Crippen LogP contribution < -0.4 is 0 Å². The van der Waals surface area contributed by atoms with E-state index in [9.17, 15) is 0 Å². The van der Waals surface area contributed by atoms with Gasteiger partial charge in [0.2, 0.25) is 0 Å². The monoisotopic (exact) mass is 266 g/mol. The predicted octanol–water partition coefficient (Wildman–Crippen LogP) is 2.62. The topological polar surface area (TPSA) is 74.6 Å². The van der Waals surface area contributed by atoms with Crippen molar-refractivity contribution in [1.29, 1.82) is 0 Å². The summed E-state index contributed by atoms with van der Waals surface area (Å²) < 4.78 is 31.6. The van der Waals surface area contributed by atoms with Gasteiger partial charge in [0.1, 0.15) is 0 Å². The molecule has 0 aliphatic heterocycles. The predicted molar refractivity (Wildman–Crippen MR) is 69.9 cm³/mol. The van der Waals surface area contributed by atoms with Crippen LogP contribution >= 0.6 is 0 Å². The van der Waals surface area contributed by atoms with Gasteiger partial charge in [0, 0.05) is 0 Å². The fourth-order valence-electron chi connectivity index (χ4n) is 1.43. The lowest BCUT2D eigenvalue weighted by molar-refractivity contribution is 0.381. The van der Waals surface area contributed by atoms with Crippen molar-refractivity contribution in [1.82, 2.24) is 0 Å². The molecule has 0 bridgehead atoms. The van der Waals surface area contributed by atoms with Crippen LogP contribution in [-0.2, 0) is 16.8 Å². The van der Waals surface area contributed by atoms with Gasteiger partial charge >= 0.3 is 10.4 Å². The highest BCUT2D eigenvalue weighted by molar-refractivity contribution is 7.79. The van der Waals surface area contributed by atoms with Crippen LogP contribution in [0.15, 0.2) is 60.7 Å². The van der Waals surface area contributed by atoms with E-state index in [-0.39, 0.29) is 0 Å². The SMILES string of the molecule is O=S(=O)(O)O.c1ccc(Cc2ccccc2)cc1. The first kappa shape index (κ1) is 14.4. The van der Waals surface area contributed by atoms with Crippen LogP contribution in [0.1, 0.15) is 11.1 Å². The second kappa shape index (κ2) is 6.90. The van der Waals surface area contributed by atoms with Crippen molar-refractivity contribution < 1.29 is 17.5 Å². The van der Waals surface area contributed by atoms with Gasteiger partial charge < -0.3 is 0 Å². The maximum absolute atomic E-state index is 8.74. The molecule has 0 atom stereocenters. The Morgan fingerprint density at radius 1 is 0.722 bits per heavy atom. The van der Waals surface area contributed by atoms with E-state index in [2.05, 4.69) is 60.7 Å². The standard InChI is InChI=1S/C13H12.H2O4S/c1-3-7-12(8-4-1)11-13-9-5-2-6-10-13;1-5(2,3)4/h1-10H,11H2;(H2,1,2,3,4). The fourth-order valence-corrected chi connectivity index (χ4v) is 1.43. The Balaban J connectivity index is 0.000000280. The third-order valence-corrected chi connectivity index (χ3v) is 2.09. The van der Waals surface area contributed by atoms with Crippen molar-refractivity contribution in [2.24, 2.45) is 0 Å². The lowest BCUT2D eigenvalue weighted by Gasteiger charge is -2.00. The molecule has 0 unspecified atom stereocenters. The quantitative estimate of drug-likeness (QED) is 0.819. The van der Waals surface area contributed by atoms with Crippen LogP contribution in [0.25, 0.3) is 0 Å². The smallest absolute Gasteiger partial charge is 0.264 e.